The fraction of sp³-hybridized carbons (Fsp3) is 0.235. The molecule has 0 atom stereocenters. The Balaban J connectivity index is 1.60. The largest absolute Gasteiger partial charge is 0.298 e. The van der Waals surface area contributed by atoms with Crippen LogP contribution in [0.5, 0.6) is 0 Å². The van der Waals surface area contributed by atoms with Crippen LogP contribution < -0.4 is 0 Å². The molecule has 0 N–H and O–H groups in total. The third-order valence-electron chi connectivity index (χ3n) is 3.54. The Hall–Kier alpha value is -2.49. The van der Waals surface area contributed by atoms with Gasteiger partial charge in [-0.05, 0) is 25.0 Å². The molecule has 0 spiro atoms. The van der Waals surface area contributed by atoms with Crippen molar-refractivity contribution < 1.29 is 4.79 Å². The topological polar surface area (TPSA) is 47.8 Å². The number of aromatic nitrogens is 3. The molecule has 0 bridgehead atoms. The van der Waals surface area contributed by atoms with Crippen LogP contribution in [-0.4, -0.2) is 20.8 Å². The van der Waals surface area contributed by atoms with Crippen LogP contribution in [0.4, 0.5) is 0 Å². The molecular weight excluding hydrogens is 262 g/mol. The van der Waals surface area contributed by atoms with Crippen LogP contribution in [0.25, 0.3) is 11.0 Å². The van der Waals surface area contributed by atoms with Crippen molar-refractivity contribution in [3.63, 3.8) is 0 Å². The number of allylic oxidation sites excluding steroid dienone is 6. The quantitative estimate of drug-likeness (QED) is 0.844. The predicted molar refractivity (Wildman–Crippen MR) is 82.7 cm³/mol. The SMILES string of the molecule is O=C(CCC1=CC=CC=CC1)Cn1nnc2ccccc21. The van der Waals surface area contributed by atoms with Crippen molar-refractivity contribution in [2.24, 2.45) is 0 Å². The first kappa shape index (κ1) is 13.5. The molecule has 4 heteroatoms. The van der Waals surface area contributed by atoms with Crippen LogP contribution in [0.3, 0.4) is 0 Å². The van der Waals surface area contributed by atoms with Gasteiger partial charge in [-0.3, -0.25) is 4.79 Å². The molecule has 3 rings (SSSR count). The van der Waals surface area contributed by atoms with Gasteiger partial charge in [0.15, 0.2) is 5.78 Å². The maximum atomic E-state index is 12.1. The number of rotatable bonds is 5. The first-order valence-corrected chi connectivity index (χ1v) is 7.14. The highest BCUT2D eigenvalue weighted by atomic mass is 16.1. The van der Waals surface area contributed by atoms with E-state index in [1.165, 1.54) is 5.57 Å². The summed E-state index contributed by atoms with van der Waals surface area (Å²) >= 11 is 0. The summed E-state index contributed by atoms with van der Waals surface area (Å²) in [6, 6.07) is 7.69. The minimum Gasteiger partial charge on any atom is -0.298 e. The molecule has 0 radical (unpaired) electrons. The summed E-state index contributed by atoms with van der Waals surface area (Å²) < 4.78 is 1.68. The van der Waals surface area contributed by atoms with Crippen molar-refractivity contribution in [2.45, 2.75) is 25.8 Å². The highest BCUT2D eigenvalue weighted by Crippen LogP contribution is 2.15. The lowest BCUT2D eigenvalue weighted by Gasteiger charge is -2.04. The molecule has 21 heavy (non-hydrogen) atoms. The normalized spacial score (nSPS) is 14.2. The number of hydrogen-bond acceptors (Lipinski definition) is 3. The van der Waals surface area contributed by atoms with E-state index < -0.39 is 0 Å². The smallest absolute Gasteiger partial charge is 0.154 e. The van der Waals surface area contributed by atoms with Gasteiger partial charge in [0.1, 0.15) is 12.1 Å². The predicted octanol–water partition coefficient (Wildman–Crippen LogP) is 3.22. The maximum Gasteiger partial charge on any atom is 0.154 e. The maximum absolute atomic E-state index is 12.1. The number of Topliss-reactive ketones (excluding diaryl/α,β-unsaturated/α-hetero) is 1. The highest BCUT2D eigenvalue weighted by Gasteiger charge is 2.09. The summed E-state index contributed by atoms with van der Waals surface area (Å²) in [7, 11) is 0. The zero-order chi connectivity index (χ0) is 14.5. The molecule has 0 saturated heterocycles. The Morgan fingerprint density at radius 2 is 2.10 bits per heavy atom. The van der Waals surface area contributed by atoms with E-state index in [1.807, 2.05) is 42.5 Å². The van der Waals surface area contributed by atoms with Crippen LogP contribution in [0.1, 0.15) is 19.3 Å². The number of hydrogen-bond donors (Lipinski definition) is 0. The molecule has 1 aliphatic rings. The number of benzene rings is 1. The third-order valence-corrected chi connectivity index (χ3v) is 3.54. The summed E-state index contributed by atoms with van der Waals surface area (Å²) in [6.07, 6.45) is 12.6. The molecule has 4 nitrogen and oxygen atoms in total. The second-order valence-electron chi connectivity index (χ2n) is 5.12. The molecule has 2 aromatic rings. The van der Waals surface area contributed by atoms with Crippen molar-refractivity contribution in [3.8, 4) is 0 Å². The van der Waals surface area contributed by atoms with E-state index in [4.69, 9.17) is 0 Å². The molecule has 1 aliphatic carbocycles. The van der Waals surface area contributed by atoms with Crippen LogP contribution in [-0.2, 0) is 11.3 Å². The lowest BCUT2D eigenvalue weighted by atomic mass is 10.0. The first-order chi connectivity index (χ1) is 10.3. The van der Waals surface area contributed by atoms with Gasteiger partial charge < -0.3 is 0 Å². The Morgan fingerprint density at radius 3 is 3.05 bits per heavy atom. The van der Waals surface area contributed by atoms with E-state index in [0.29, 0.717) is 13.0 Å². The highest BCUT2D eigenvalue weighted by molar-refractivity contribution is 5.81. The first-order valence-electron chi connectivity index (χ1n) is 7.14. The van der Waals surface area contributed by atoms with Crippen molar-refractivity contribution in [2.75, 3.05) is 0 Å². The molecule has 0 saturated carbocycles. The Labute approximate surface area is 123 Å². The number of carbonyl (C=O) groups excluding carboxylic acids is 1. The van der Waals surface area contributed by atoms with E-state index in [-0.39, 0.29) is 5.78 Å². The van der Waals surface area contributed by atoms with E-state index in [2.05, 4.69) is 22.5 Å². The summed E-state index contributed by atoms with van der Waals surface area (Å²) in [5.41, 5.74) is 3.02. The Kier molecular flexibility index (Phi) is 4.05. The third kappa shape index (κ3) is 3.34. The number of ketones is 1. The second kappa shape index (κ2) is 6.31. The van der Waals surface area contributed by atoms with Crippen molar-refractivity contribution in [1.29, 1.82) is 0 Å². The average Bonchev–Trinajstić information content (AvgIpc) is 2.73. The lowest BCUT2D eigenvalue weighted by Crippen LogP contribution is -2.11. The number of nitrogens with zero attached hydrogens (tertiary/aromatic N) is 3. The molecule has 0 unspecified atom stereocenters. The van der Waals surface area contributed by atoms with E-state index in [1.54, 1.807) is 4.68 Å². The summed E-state index contributed by atoms with van der Waals surface area (Å²) in [4.78, 5) is 12.1. The molecule has 0 fully saturated rings. The number of carbonyl (C=O) groups is 1. The van der Waals surface area contributed by atoms with Gasteiger partial charge in [0.2, 0.25) is 0 Å². The van der Waals surface area contributed by atoms with Crippen molar-refractivity contribution >= 4 is 16.8 Å². The zero-order valence-corrected chi connectivity index (χ0v) is 11.8. The van der Waals surface area contributed by atoms with Crippen molar-refractivity contribution in [3.05, 3.63) is 60.2 Å². The van der Waals surface area contributed by atoms with E-state index in [9.17, 15) is 4.79 Å². The van der Waals surface area contributed by atoms with Gasteiger partial charge >= 0.3 is 0 Å². The molecular formula is C17H17N3O. The lowest BCUT2D eigenvalue weighted by molar-refractivity contribution is -0.119. The molecule has 1 heterocycles. The summed E-state index contributed by atoms with van der Waals surface area (Å²) in [6.45, 7) is 0.291. The minimum atomic E-state index is 0.184. The van der Waals surface area contributed by atoms with Crippen molar-refractivity contribution in [1.82, 2.24) is 15.0 Å². The van der Waals surface area contributed by atoms with Gasteiger partial charge in [0.05, 0.1) is 5.52 Å². The standard InChI is InChI=1S/C17H17N3O/c21-15(12-11-14-7-3-1-2-4-8-14)13-20-17-10-6-5-9-16(17)18-19-20/h1-7,9-10H,8,11-13H2. The van der Waals surface area contributed by atoms with Gasteiger partial charge in [-0.25, -0.2) is 4.68 Å². The zero-order valence-electron chi connectivity index (χ0n) is 11.8. The monoisotopic (exact) mass is 279 g/mol. The Bertz CT molecular complexity index is 737. The number of para-hydroxylation sites is 1. The van der Waals surface area contributed by atoms with Gasteiger partial charge in [-0.2, -0.15) is 0 Å². The molecule has 1 aromatic carbocycles. The van der Waals surface area contributed by atoms with Crippen LogP contribution in [0.15, 0.2) is 60.2 Å². The van der Waals surface area contributed by atoms with Gasteiger partial charge in [0.25, 0.3) is 0 Å². The second-order valence-corrected chi connectivity index (χ2v) is 5.12. The van der Waals surface area contributed by atoms with Gasteiger partial charge in [-0.1, -0.05) is 53.3 Å². The minimum absolute atomic E-state index is 0.184. The molecule has 0 amide bonds. The van der Waals surface area contributed by atoms with Crippen LogP contribution in [0.2, 0.25) is 0 Å². The van der Waals surface area contributed by atoms with Crippen LogP contribution in [0, 0.1) is 0 Å². The molecule has 1 aromatic heterocycles. The van der Waals surface area contributed by atoms with E-state index >= 15 is 0 Å². The fourth-order valence-electron chi connectivity index (χ4n) is 2.39. The van der Waals surface area contributed by atoms with E-state index in [0.717, 1.165) is 23.9 Å². The Morgan fingerprint density at radius 1 is 1.19 bits per heavy atom. The van der Waals surface area contributed by atoms with Crippen LogP contribution >= 0.6 is 0 Å². The van der Waals surface area contributed by atoms with Gasteiger partial charge in [-0.15, -0.1) is 5.10 Å². The van der Waals surface area contributed by atoms with Gasteiger partial charge in [0, 0.05) is 6.42 Å². The summed E-state index contributed by atoms with van der Waals surface area (Å²) in [5.74, 6) is 0.184. The number of fused-ring (bicyclic) bond motifs is 1. The average molecular weight is 279 g/mol. The fourth-order valence-corrected chi connectivity index (χ4v) is 2.39. The molecule has 0 aliphatic heterocycles. The summed E-state index contributed by atoms with van der Waals surface area (Å²) in [5, 5.41) is 8.12. The molecule has 106 valence electrons.